The third-order valence-corrected chi connectivity index (χ3v) is 2.02. The van der Waals surface area contributed by atoms with Gasteiger partial charge in [0.25, 0.3) is 0 Å². The largest absolute Gasteiger partial charge is 0.481 e. The number of rotatable bonds is 4. The van der Waals surface area contributed by atoms with Crippen molar-refractivity contribution in [3.63, 3.8) is 0 Å². The third kappa shape index (κ3) is 2.52. The number of hydrogen-bond acceptors (Lipinski definition) is 3. The first kappa shape index (κ1) is 10.6. The van der Waals surface area contributed by atoms with Gasteiger partial charge in [0, 0.05) is 12.6 Å². The van der Waals surface area contributed by atoms with Gasteiger partial charge in [-0.25, -0.2) is 0 Å². The maximum absolute atomic E-state index is 10.8. The smallest absolute Gasteiger partial charge is 0.310 e. The number of anilines is 1. The van der Waals surface area contributed by atoms with Crippen molar-refractivity contribution in [2.75, 3.05) is 11.9 Å². The van der Waals surface area contributed by atoms with E-state index in [1.165, 1.54) is 0 Å². The molecule has 4 nitrogen and oxygen atoms in total. The zero-order chi connectivity index (χ0) is 10.8. The number of hydrogen-bond donors (Lipinski definition) is 2. The molecule has 2 N–H and O–H groups in total. The molecule has 0 spiro atoms. The summed E-state index contributed by atoms with van der Waals surface area (Å²) >= 11 is 0. The summed E-state index contributed by atoms with van der Waals surface area (Å²) in [4.78, 5) is 10.8. The molecule has 0 unspecified atom stereocenters. The van der Waals surface area contributed by atoms with E-state index in [1.54, 1.807) is 19.9 Å². The predicted molar refractivity (Wildman–Crippen MR) is 53.4 cm³/mol. The van der Waals surface area contributed by atoms with Crippen LogP contribution in [-0.2, 0) is 4.79 Å². The molecule has 78 valence electrons. The highest BCUT2D eigenvalue weighted by molar-refractivity contribution is 5.74. The highest BCUT2D eigenvalue weighted by Crippen LogP contribution is 2.18. The lowest BCUT2D eigenvalue weighted by atomic mass is 9.94. The zero-order valence-corrected chi connectivity index (χ0v) is 8.63. The van der Waals surface area contributed by atoms with Crippen LogP contribution in [-0.4, -0.2) is 17.6 Å². The van der Waals surface area contributed by atoms with Crippen LogP contribution in [0.25, 0.3) is 0 Å². The van der Waals surface area contributed by atoms with Crippen LogP contribution >= 0.6 is 0 Å². The van der Waals surface area contributed by atoms with Crippen molar-refractivity contribution in [2.24, 2.45) is 5.41 Å². The van der Waals surface area contributed by atoms with Gasteiger partial charge in [-0.2, -0.15) is 0 Å². The Hall–Kier alpha value is -1.45. The molecule has 0 bridgehead atoms. The maximum Gasteiger partial charge on any atom is 0.310 e. The second kappa shape index (κ2) is 3.74. The molecule has 0 saturated heterocycles. The first-order valence-corrected chi connectivity index (χ1v) is 4.45. The van der Waals surface area contributed by atoms with Crippen LogP contribution in [0, 0.1) is 12.3 Å². The Morgan fingerprint density at radius 1 is 1.57 bits per heavy atom. The summed E-state index contributed by atoms with van der Waals surface area (Å²) in [6, 6.07) is 3.61. The van der Waals surface area contributed by atoms with E-state index in [9.17, 15) is 4.79 Å². The van der Waals surface area contributed by atoms with Crippen LogP contribution in [0.3, 0.4) is 0 Å². The highest BCUT2D eigenvalue weighted by atomic mass is 16.4. The van der Waals surface area contributed by atoms with Gasteiger partial charge in [0.1, 0.15) is 5.76 Å². The molecule has 0 aliphatic rings. The monoisotopic (exact) mass is 197 g/mol. The standard InChI is InChI=1S/C10H15NO3/c1-7-4-5-8(14-7)11-6-10(2,3)9(12)13/h4-5,11H,6H2,1-3H3,(H,12,13). The summed E-state index contributed by atoms with van der Waals surface area (Å²) in [5.74, 6) is 0.589. The molecule has 0 aliphatic heterocycles. The summed E-state index contributed by atoms with van der Waals surface area (Å²) in [7, 11) is 0. The lowest BCUT2D eigenvalue weighted by Gasteiger charge is -2.18. The molecule has 14 heavy (non-hydrogen) atoms. The van der Waals surface area contributed by atoms with Crippen LogP contribution in [0.5, 0.6) is 0 Å². The quantitative estimate of drug-likeness (QED) is 0.776. The Labute approximate surface area is 82.9 Å². The van der Waals surface area contributed by atoms with Crippen molar-refractivity contribution in [3.05, 3.63) is 17.9 Å². The number of furan rings is 1. The van der Waals surface area contributed by atoms with E-state index in [4.69, 9.17) is 9.52 Å². The molecule has 0 radical (unpaired) electrons. The number of carboxylic acid groups (broad SMARTS) is 1. The number of aliphatic carboxylic acids is 1. The van der Waals surface area contributed by atoms with E-state index < -0.39 is 11.4 Å². The van der Waals surface area contributed by atoms with Crippen molar-refractivity contribution < 1.29 is 14.3 Å². The molecule has 0 aliphatic carbocycles. The molecule has 1 aromatic heterocycles. The van der Waals surface area contributed by atoms with E-state index in [0.29, 0.717) is 12.4 Å². The average Bonchev–Trinajstić information content (AvgIpc) is 2.48. The Morgan fingerprint density at radius 2 is 2.21 bits per heavy atom. The van der Waals surface area contributed by atoms with Gasteiger partial charge in [0.15, 0.2) is 5.88 Å². The molecule has 0 fully saturated rings. The van der Waals surface area contributed by atoms with Crippen LogP contribution in [0.2, 0.25) is 0 Å². The van der Waals surface area contributed by atoms with Gasteiger partial charge in [-0.15, -0.1) is 0 Å². The minimum Gasteiger partial charge on any atom is -0.481 e. The zero-order valence-electron chi connectivity index (χ0n) is 8.63. The summed E-state index contributed by atoms with van der Waals surface area (Å²) in [5, 5.41) is 11.8. The Bertz CT molecular complexity index is 328. The molecule has 0 atom stereocenters. The summed E-state index contributed by atoms with van der Waals surface area (Å²) in [6.45, 7) is 5.51. The molecule has 1 rings (SSSR count). The fourth-order valence-electron chi connectivity index (χ4n) is 0.913. The van der Waals surface area contributed by atoms with Crippen LogP contribution in [0.15, 0.2) is 16.5 Å². The molecular formula is C10H15NO3. The molecular weight excluding hydrogens is 182 g/mol. The van der Waals surface area contributed by atoms with Gasteiger partial charge in [0.2, 0.25) is 0 Å². The molecule has 0 saturated carbocycles. The van der Waals surface area contributed by atoms with Gasteiger partial charge in [-0.3, -0.25) is 4.79 Å². The van der Waals surface area contributed by atoms with Crippen molar-refractivity contribution in [2.45, 2.75) is 20.8 Å². The van der Waals surface area contributed by atoms with Crippen molar-refractivity contribution in [1.82, 2.24) is 0 Å². The van der Waals surface area contributed by atoms with Crippen LogP contribution in [0.4, 0.5) is 5.88 Å². The van der Waals surface area contributed by atoms with E-state index >= 15 is 0 Å². The summed E-state index contributed by atoms with van der Waals surface area (Å²) < 4.78 is 5.25. The van der Waals surface area contributed by atoms with E-state index in [1.807, 2.05) is 13.0 Å². The second-order valence-electron chi connectivity index (χ2n) is 3.95. The predicted octanol–water partition coefficient (Wildman–Crippen LogP) is 2.11. The third-order valence-electron chi connectivity index (χ3n) is 2.02. The molecule has 0 aromatic carbocycles. The SMILES string of the molecule is Cc1ccc(NCC(C)(C)C(=O)O)o1. The van der Waals surface area contributed by atoms with Gasteiger partial charge in [-0.05, 0) is 26.8 Å². The number of carboxylic acids is 1. The van der Waals surface area contributed by atoms with Gasteiger partial charge < -0.3 is 14.8 Å². The van der Waals surface area contributed by atoms with Crippen molar-refractivity contribution in [3.8, 4) is 0 Å². The Kier molecular flexibility index (Phi) is 2.84. The lowest BCUT2D eigenvalue weighted by Crippen LogP contribution is -2.31. The molecule has 1 aromatic rings. The van der Waals surface area contributed by atoms with E-state index in [0.717, 1.165) is 5.76 Å². The number of carbonyl (C=O) groups is 1. The van der Waals surface area contributed by atoms with Crippen molar-refractivity contribution in [1.29, 1.82) is 0 Å². The minimum absolute atomic E-state index is 0.343. The molecule has 1 heterocycles. The van der Waals surface area contributed by atoms with Crippen molar-refractivity contribution >= 4 is 11.9 Å². The summed E-state index contributed by atoms with van der Waals surface area (Å²) in [5.41, 5.74) is -0.791. The Morgan fingerprint density at radius 3 is 2.64 bits per heavy atom. The normalized spacial score (nSPS) is 11.4. The molecule has 4 heteroatoms. The summed E-state index contributed by atoms with van der Waals surface area (Å²) in [6.07, 6.45) is 0. The maximum atomic E-state index is 10.8. The fourth-order valence-corrected chi connectivity index (χ4v) is 0.913. The lowest BCUT2D eigenvalue weighted by molar-refractivity contribution is -0.146. The van der Waals surface area contributed by atoms with Gasteiger partial charge in [-0.1, -0.05) is 0 Å². The van der Waals surface area contributed by atoms with Crippen LogP contribution < -0.4 is 5.32 Å². The minimum atomic E-state index is -0.826. The van der Waals surface area contributed by atoms with Gasteiger partial charge >= 0.3 is 5.97 Å². The van der Waals surface area contributed by atoms with Gasteiger partial charge in [0.05, 0.1) is 5.41 Å². The average molecular weight is 197 g/mol. The first-order chi connectivity index (χ1) is 6.42. The van der Waals surface area contributed by atoms with Crippen LogP contribution in [0.1, 0.15) is 19.6 Å². The molecule has 0 amide bonds. The topological polar surface area (TPSA) is 62.5 Å². The van der Waals surface area contributed by atoms with E-state index in [-0.39, 0.29) is 0 Å². The second-order valence-corrected chi connectivity index (χ2v) is 3.95. The number of nitrogens with one attached hydrogen (secondary N) is 1. The number of aryl methyl sites for hydroxylation is 1. The Balaban J connectivity index is 2.52. The highest BCUT2D eigenvalue weighted by Gasteiger charge is 2.26. The fraction of sp³-hybridized carbons (Fsp3) is 0.500. The first-order valence-electron chi connectivity index (χ1n) is 4.45. The van der Waals surface area contributed by atoms with E-state index in [2.05, 4.69) is 5.32 Å².